The van der Waals surface area contributed by atoms with Crippen molar-refractivity contribution in [2.75, 3.05) is 6.61 Å². The van der Waals surface area contributed by atoms with E-state index in [1.165, 1.54) is 0 Å². The largest absolute Gasteiger partial charge is 0.464 e. The summed E-state index contributed by atoms with van der Waals surface area (Å²) in [6, 6.07) is 0. The maximum Gasteiger partial charge on any atom is 0.338 e. The summed E-state index contributed by atoms with van der Waals surface area (Å²) >= 11 is 0. The fourth-order valence-electron chi connectivity index (χ4n) is 1.24. The third-order valence-electron chi connectivity index (χ3n) is 2.18. The van der Waals surface area contributed by atoms with Crippen molar-refractivity contribution in [2.45, 2.75) is 38.2 Å². The van der Waals surface area contributed by atoms with Gasteiger partial charge in [-0.05, 0) is 25.7 Å². The van der Waals surface area contributed by atoms with Gasteiger partial charge in [-0.25, -0.2) is 4.79 Å². The lowest BCUT2D eigenvalue weighted by Gasteiger charge is -2.20. The van der Waals surface area contributed by atoms with Gasteiger partial charge in [0.25, 0.3) is 0 Å². The molecule has 0 aromatic rings. The number of ether oxygens (including phenoxy) is 1. The second-order valence-corrected chi connectivity index (χ2v) is 2.98. The van der Waals surface area contributed by atoms with E-state index in [2.05, 4.69) is 0 Å². The molecule has 0 radical (unpaired) electrons. The monoisotopic (exact) mass is 158 g/mol. The molecule has 3 nitrogen and oxygen atoms in total. The molecule has 1 unspecified atom stereocenters. The molecule has 1 aliphatic rings. The molecule has 1 aliphatic heterocycles. The van der Waals surface area contributed by atoms with E-state index in [9.17, 15) is 9.90 Å². The average Bonchev–Trinajstić information content (AvgIpc) is 2.16. The molecule has 0 saturated carbocycles. The lowest BCUT2D eigenvalue weighted by Crippen LogP contribution is -2.38. The van der Waals surface area contributed by atoms with Crippen LogP contribution in [0.3, 0.4) is 0 Å². The van der Waals surface area contributed by atoms with E-state index in [1.54, 1.807) is 6.92 Å². The van der Waals surface area contributed by atoms with Gasteiger partial charge in [-0.2, -0.15) is 0 Å². The Kier molecular flexibility index (Phi) is 2.49. The van der Waals surface area contributed by atoms with Crippen molar-refractivity contribution in [3.8, 4) is 0 Å². The first-order chi connectivity index (χ1) is 5.19. The average molecular weight is 158 g/mol. The van der Waals surface area contributed by atoms with Gasteiger partial charge in [-0.15, -0.1) is 0 Å². The van der Waals surface area contributed by atoms with Crippen molar-refractivity contribution in [3.63, 3.8) is 0 Å². The van der Waals surface area contributed by atoms with Crippen LogP contribution in [0.1, 0.15) is 32.6 Å². The Morgan fingerprint density at radius 2 is 2.36 bits per heavy atom. The first-order valence-electron chi connectivity index (χ1n) is 4.08. The molecule has 0 aliphatic carbocycles. The van der Waals surface area contributed by atoms with Gasteiger partial charge in [0.2, 0.25) is 0 Å². The lowest BCUT2D eigenvalue weighted by atomic mass is 9.95. The Morgan fingerprint density at radius 3 is 3.00 bits per heavy atom. The van der Waals surface area contributed by atoms with E-state index < -0.39 is 11.6 Å². The molecule has 1 atom stereocenters. The molecule has 1 saturated heterocycles. The molecule has 0 bridgehead atoms. The first-order valence-corrected chi connectivity index (χ1v) is 4.08. The standard InChI is InChI=1S/C8H14O3/c1-2-8(10)5-3-4-6-11-7(8)9/h10H,2-6H2,1H3. The Hall–Kier alpha value is -0.570. The summed E-state index contributed by atoms with van der Waals surface area (Å²) < 4.78 is 4.82. The normalized spacial score (nSPS) is 32.7. The van der Waals surface area contributed by atoms with Crippen LogP contribution < -0.4 is 0 Å². The molecule has 1 heterocycles. The highest BCUT2D eigenvalue weighted by Gasteiger charge is 2.36. The van der Waals surface area contributed by atoms with Crippen molar-refractivity contribution >= 4 is 5.97 Å². The van der Waals surface area contributed by atoms with Gasteiger partial charge in [0.15, 0.2) is 5.60 Å². The van der Waals surface area contributed by atoms with E-state index in [1.807, 2.05) is 0 Å². The lowest BCUT2D eigenvalue weighted by molar-refractivity contribution is -0.164. The van der Waals surface area contributed by atoms with Crippen LogP contribution in [0, 0.1) is 0 Å². The highest BCUT2D eigenvalue weighted by Crippen LogP contribution is 2.23. The van der Waals surface area contributed by atoms with Gasteiger partial charge in [0.1, 0.15) is 0 Å². The summed E-state index contributed by atoms with van der Waals surface area (Å²) in [5.74, 6) is -0.447. The van der Waals surface area contributed by atoms with E-state index in [-0.39, 0.29) is 0 Å². The van der Waals surface area contributed by atoms with Gasteiger partial charge in [0.05, 0.1) is 6.61 Å². The number of esters is 1. The van der Waals surface area contributed by atoms with Crippen molar-refractivity contribution in [3.05, 3.63) is 0 Å². The topological polar surface area (TPSA) is 46.5 Å². The van der Waals surface area contributed by atoms with Crippen LogP contribution in [0.4, 0.5) is 0 Å². The molecule has 0 amide bonds. The van der Waals surface area contributed by atoms with Gasteiger partial charge in [-0.1, -0.05) is 6.92 Å². The van der Waals surface area contributed by atoms with Crippen LogP contribution in [-0.2, 0) is 9.53 Å². The number of aliphatic hydroxyl groups is 1. The summed E-state index contributed by atoms with van der Waals surface area (Å²) in [6.07, 6.45) is 2.73. The zero-order chi connectivity index (χ0) is 8.32. The van der Waals surface area contributed by atoms with Crippen molar-refractivity contribution in [1.29, 1.82) is 0 Å². The second-order valence-electron chi connectivity index (χ2n) is 2.98. The molecule has 11 heavy (non-hydrogen) atoms. The Labute approximate surface area is 66.4 Å². The summed E-state index contributed by atoms with van der Waals surface area (Å²) in [6.45, 7) is 2.26. The van der Waals surface area contributed by atoms with Gasteiger partial charge >= 0.3 is 5.97 Å². The van der Waals surface area contributed by atoms with Crippen LogP contribution in [-0.4, -0.2) is 23.3 Å². The Morgan fingerprint density at radius 1 is 1.64 bits per heavy atom. The van der Waals surface area contributed by atoms with E-state index in [0.717, 1.165) is 12.8 Å². The molecular formula is C8H14O3. The minimum atomic E-state index is -1.20. The quantitative estimate of drug-likeness (QED) is 0.575. The number of hydrogen-bond donors (Lipinski definition) is 1. The summed E-state index contributed by atoms with van der Waals surface area (Å²) in [4.78, 5) is 11.1. The smallest absolute Gasteiger partial charge is 0.338 e. The minimum Gasteiger partial charge on any atom is -0.464 e. The fraction of sp³-hybridized carbons (Fsp3) is 0.875. The fourth-order valence-corrected chi connectivity index (χ4v) is 1.24. The highest BCUT2D eigenvalue weighted by atomic mass is 16.5. The highest BCUT2D eigenvalue weighted by molar-refractivity contribution is 5.79. The maximum atomic E-state index is 11.1. The first kappa shape index (κ1) is 8.53. The molecule has 0 spiro atoms. The molecule has 1 rings (SSSR count). The molecule has 0 aromatic carbocycles. The zero-order valence-electron chi connectivity index (χ0n) is 6.80. The zero-order valence-corrected chi connectivity index (χ0v) is 6.80. The molecule has 1 N–H and O–H groups in total. The SMILES string of the molecule is CCC1(O)CCCCOC1=O. The predicted molar refractivity (Wildman–Crippen MR) is 40.1 cm³/mol. The van der Waals surface area contributed by atoms with Crippen molar-refractivity contribution in [2.24, 2.45) is 0 Å². The van der Waals surface area contributed by atoms with E-state index in [4.69, 9.17) is 4.74 Å². The van der Waals surface area contributed by atoms with E-state index >= 15 is 0 Å². The summed E-state index contributed by atoms with van der Waals surface area (Å²) in [5.41, 5.74) is -1.20. The maximum absolute atomic E-state index is 11.1. The van der Waals surface area contributed by atoms with Crippen molar-refractivity contribution in [1.82, 2.24) is 0 Å². The van der Waals surface area contributed by atoms with Crippen LogP contribution in [0.2, 0.25) is 0 Å². The van der Waals surface area contributed by atoms with Crippen LogP contribution in [0.5, 0.6) is 0 Å². The predicted octanol–water partition coefficient (Wildman–Crippen LogP) is 0.855. The number of rotatable bonds is 1. The molecule has 3 heteroatoms. The van der Waals surface area contributed by atoms with Gasteiger partial charge in [-0.3, -0.25) is 0 Å². The Bertz CT molecular complexity index is 155. The molecular weight excluding hydrogens is 144 g/mol. The molecule has 1 fully saturated rings. The van der Waals surface area contributed by atoms with Gasteiger partial charge < -0.3 is 9.84 Å². The number of carbonyl (C=O) groups excluding carboxylic acids is 1. The minimum absolute atomic E-state index is 0.447. The third-order valence-corrected chi connectivity index (χ3v) is 2.18. The van der Waals surface area contributed by atoms with Gasteiger partial charge in [0, 0.05) is 0 Å². The van der Waals surface area contributed by atoms with Crippen LogP contribution in [0.25, 0.3) is 0 Å². The van der Waals surface area contributed by atoms with E-state index in [0.29, 0.717) is 19.4 Å². The number of carbonyl (C=O) groups is 1. The number of hydrogen-bond acceptors (Lipinski definition) is 3. The second kappa shape index (κ2) is 3.22. The molecule has 64 valence electrons. The Balaban J connectivity index is 2.66. The number of cyclic esters (lactones) is 1. The van der Waals surface area contributed by atoms with Crippen LogP contribution >= 0.6 is 0 Å². The summed E-state index contributed by atoms with van der Waals surface area (Å²) in [7, 11) is 0. The third kappa shape index (κ3) is 1.71. The van der Waals surface area contributed by atoms with Crippen LogP contribution in [0.15, 0.2) is 0 Å². The van der Waals surface area contributed by atoms with Crippen molar-refractivity contribution < 1.29 is 14.6 Å². The summed E-state index contributed by atoms with van der Waals surface area (Å²) in [5, 5.41) is 9.65. The molecule has 0 aromatic heterocycles.